The van der Waals surface area contributed by atoms with Crippen LogP contribution in [0.15, 0.2) is 24.3 Å². The molecule has 0 heterocycles. The molecule has 1 saturated carbocycles. The number of hydrogen-bond donors (Lipinski definition) is 1. The summed E-state index contributed by atoms with van der Waals surface area (Å²) >= 11 is 0. The third kappa shape index (κ3) is 3.56. The Balaban J connectivity index is 2.17. The lowest BCUT2D eigenvalue weighted by Gasteiger charge is -2.38. The maximum absolute atomic E-state index is 14.2. The van der Waals surface area contributed by atoms with Crippen molar-refractivity contribution in [3.05, 3.63) is 35.6 Å². The van der Waals surface area contributed by atoms with Gasteiger partial charge in [-0.25, -0.2) is 4.39 Å². The Morgan fingerprint density at radius 2 is 1.84 bits per heavy atom. The summed E-state index contributed by atoms with van der Waals surface area (Å²) in [6, 6.07) is 7.35. The summed E-state index contributed by atoms with van der Waals surface area (Å²) in [6.45, 7) is 6.34. The van der Waals surface area contributed by atoms with E-state index in [1.807, 2.05) is 12.1 Å². The SMILES string of the molecule is CC(C)CNCC1(c2ccccc2F)CCCCC1. The molecular formula is C17H26FN. The Labute approximate surface area is 116 Å². The molecule has 0 amide bonds. The van der Waals surface area contributed by atoms with Crippen LogP contribution in [0.1, 0.15) is 51.5 Å². The van der Waals surface area contributed by atoms with Crippen molar-refractivity contribution in [2.24, 2.45) is 5.92 Å². The van der Waals surface area contributed by atoms with Crippen molar-refractivity contribution in [2.75, 3.05) is 13.1 Å². The second kappa shape index (κ2) is 6.51. The minimum absolute atomic E-state index is 0.0124. The first kappa shape index (κ1) is 14.5. The number of rotatable bonds is 5. The molecule has 2 rings (SSSR count). The zero-order chi connectivity index (χ0) is 13.7. The molecule has 1 fully saturated rings. The second-order valence-corrected chi connectivity index (χ2v) is 6.35. The highest BCUT2D eigenvalue weighted by Gasteiger charge is 2.35. The van der Waals surface area contributed by atoms with Crippen molar-refractivity contribution >= 4 is 0 Å². The maximum Gasteiger partial charge on any atom is 0.127 e. The molecule has 1 nitrogen and oxygen atoms in total. The molecular weight excluding hydrogens is 237 g/mol. The molecule has 1 aromatic carbocycles. The second-order valence-electron chi connectivity index (χ2n) is 6.35. The van der Waals surface area contributed by atoms with Gasteiger partial charge in [0.1, 0.15) is 5.82 Å². The predicted molar refractivity (Wildman–Crippen MR) is 78.9 cm³/mol. The average molecular weight is 263 g/mol. The van der Waals surface area contributed by atoms with Crippen LogP contribution in [-0.4, -0.2) is 13.1 Å². The van der Waals surface area contributed by atoms with Crippen LogP contribution >= 0.6 is 0 Å². The normalized spacial score (nSPS) is 18.7. The molecule has 0 saturated heterocycles. The molecule has 1 N–H and O–H groups in total. The lowest BCUT2D eigenvalue weighted by Crippen LogP contribution is -2.41. The Bertz CT molecular complexity index is 394. The zero-order valence-corrected chi connectivity index (χ0v) is 12.2. The van der Waals surface area contributed by atoms with Gasteiger partial charge in [-0.2, -0.15) is 0 Å². The maximum atomic E-state index is 14.2. The summed E-state index contributed by atoms with van der Waals surface area (Å²) < 4.78 is 14.2. The Hall–Kier alpha value is -0.890. The fourth-order valence-electron chi connectivity index (χ4n) is 3.26. The van der Waals surface area contributed by atoms with E-state index < -0.39 is 0 Å². The van der Waals surface area contributed by atoms with Crippen LogP contribution in [0.3, 0.4) is 0 Å². The lowest BCUT2D eigenvalue weighted by atomic mass is 9.69. The molecule has 0 aliphatic heterocycles. The van der Waals surface area contributed by atoms with Crippen LogP contribution < -0.4 is 5.32 Å². The van der Waals surface area contributed by atoms with Gasteiger partial charge < -0.3 is 5.32 Å². The Morgan fingerprint density at radius 3 is 2.47 bits per heavy atom. The van der Waals surface area contributed by atoms with Crippen LogP contribution in [0.5, 0.6) is 0 Å². The van der Waals surface area contributed by atoms with Crippen LogP contribution in [0.25, 0.3) is 0 Å². The van der Waals surface area contributed by atoms with E-state index in [4.69, 9.17) is 0 Å². The molecule has 19 heavy (non-hydrogen) atoms. The summed E-state index contributed by atoms with van der Waals surface area (Å²) in [5, 5.41) is 3.55. The molecule has 0 atom stereocenters. The van der Waals surface area contributed by atoms with Gasteiger partial charge in [-0.15, -0.1) is 0 Å². The highest BCUT2D eigenvalue weighted by atomic mass is 19.1. The van der Waals surface area contributed by atoms with Gasteiger partial charge in [-0.1, -0.05) is 51.3 Å². The lowest BCUT2D eigenvalue weighted by molar-refractivity contribution is 0.268. The Morgan fingerprint density at radius 1 is 1.16 bits per heavy atom. The van der Waals surface area contributed by atoms with Crippen LogP contribution in [-0.2, 0) is 5.41 Å². The number of nitrogens with one attached hydrogen (secondary N) is 1. The monoisotopic (exact) mass is 263 g/mol. The minimum atomic E-state index is -0.0317. The summed E-state index contributed by atoms with van der Waals surface area (Å²) in [7, 11) is 0. The topological polar surface area (TPSA) is 12.0 Å². The van der Waals surface area contributed by atoms with Crippen LogP contribution in [0, 0.1) is 11.7 Å². The number of hydrogen-bond acceptors (Lipinski definition) is 1. The van der Waals surface area contributed by atoms with Gasteiger partial charge in [0.25, 0.3) is 0 Å². The van der Waals surface area contributed by atoms with Gasteiger partial charge >= 0.3 is 0 Å². The van der Waals surface area contributed by atoms with E-state index >= 15 is 0 Å². The fourth-order valence-corrected chi connectivity index (χ4v) is 3.26. The van der Waals surface area contributed by atoms with E-state index in [0.717, 1.165) is 31.5 Å². The van der Waals surface area contributed by atoms with Crippen LogP contribution in [0.2, 0.25) is 0 Å². The molecule has 1 aliphatic rings. The largest absolute Gasteiger partial charge is 0.316 e. The van der Waals surface area contributed by atoms with E-state index in [0.29, 0.717) is 5.92 Å². The van der Waals surface area contributed by atoms with Crippen molar-refractivity contribution in [3.8, 4) is 0 Å². The van der Waals surface area contributed by atoms with Gasteiger partial charge in [0.05, 0.1) is 0 Å². The molecule has 1 aromatic rings. The third-order valence-electron chi connectivity index (χ3n) is 4.27. The van der Waals surface area contributed by atoms with Gasteiger partial charge in [0, 0.05) is 12.0 Å². The van der Waals surface area contributed by atoms with Crippen molar-refractivity contribution in [1.29, 1.82) is 0 Å². The number of benzene rings is 1. The molecule has 0 unspecified atom stereocenters. The molecule has 106 valence electrons. The van der Waals surface area contributed by atoms with E-state index in [1.165, 1.54) is 19.3 Å². The van der Waals surface area contributed by atoms with E-state index in [1.54, 1.807) is 12.1 Å². The zero-order valence-electron chi connectivity index (χ0n) is 12.2. The minimum Gasteiger partial charge on any atom is -0.316 e. The van der Waals surface area contributed by atoms with E-state index in [9.17, 15) is 4.39 Å². The summed E-state index contributed by atoms with van der Waals surface area (Å²) in [6.07, 6.45) is 5.95. The van der Waals surface area contributed by atoms with Gasteiger partial charge in [-0.05, 0) is 36.9 Å². The molecule has 0 aromatic heterocycles. The summed E-state index contributed by atoms with van der Waals surface area (Å²) in [5.74, 6) is 0.608. The molecule has 0 spiro atoms. The van der Waals surface area contributed by atoms with Gasteiger partial charge in [0.15, 0.2) is 0 Å². The van der Waals surface area contributed by atoms with Crippen molar-refractivity contribution in [3.63, 3.8) is 0 Å². The molecule has 0 bridgehead atoms. The molecule has 1 aliphatic carbocycles. The standard InChI is InChI=1S/C17H26FN/c1-14(2)12-19-13-17(10-6-3-7-11-17)15-8-4-5-9-16(15)18/h4-5,8-9,14,19H,3,6-7,10-13H2,1-2H3. The average Bonchev–Trinajstić information content (AvgIpc) is 2.40. The highest BCUT2D eigenvalue weighted by molar-refractivity contribution is 5.28. The van der Waals surface area contributed by atoms with Gasteiger partial charge in [-0.3, -0.25) is 0 Å². The van der Waals surface area contributed by atoms with Crippen LogP contribution in [0.4, 0.5) is 4.39 Å². The summed E-state index contributed by atoms with van der Waals surface area (Å²) in [5.41, 5.74) is 0.935. The van der Waals surface area contributed by atoms with E-state index in [2.05, 4.69) is 19.2 Å². The van der Waals surface area contributed by atoms with Crippen molar-refractivity contribution in [1.82, 2.24) is 5.32 Å². The third-order valence-corrected chi connectivity index (χ3v) is 4.27. The Kier molecular flexibility index (Phi) is 4.98. The first-order valence-corrected chi connectivity index (χ1v) is 7.60. The smallest absolute Gasteiger partial charge is 0.127 e. The quantitative estimate of drug-likeness (QED) is 0.836. The van der Waals surface area contributed by atoms with Gasteiger partial charge in [0.2, 0.25) is 0 Å². The first-order valence-electron chi connectivity index (χ1n) is 7.60. The number of halogens is 1. The predicted octanol–water partition coefficient (Wildman–Crippen LogP) is 4.27. The van der Waals surface area contributed by atoms with Crippen molar-refractivity contribution < 1.29 is 4.39 Å². The molecule has 2 heteroatoms. The first-order chi connectivity index (χ1) is 9.14. The van der Waals surface area contributed by atoms with E-state index in [-0.39, 0.29) is 11.2 Å². The fraction of sp³-hybridized carbons (Fsp3) is 0.647. The highest BCUT2D eigenvalue weighted by Crippen LogP contribution is 2.40. The summed E-state index contributed by atoms with van der Waals surface area (Å²) in [4.78, 5) is 0. The molecule has 0 radical (unpaired) electrons. The van der Waals surface area contributed by atoms with Crippen molar-refractivity contribution in [2.45, 2.75) is 51.4 Å².